The molecule has 0 heterocycles. The van der Waals surface area contributed by atoms with Gasteiger partial charge in [-0.15, -0.1) is 0 Å². The largest absolute Gasteiger partial charge is 0.446 e. The van der Waals surface area contributed by atoms with Crippen LogP contribution in [-0.4, -0.2) is 11.5 Å². The van der Waals surface area contributed by atoms with E-state index in [1.54, 1.807) is 0 Å². The normalized spacial score (nSPS) is 11.9. The Hall–Kier alpha value is 1.14. The topological polar surface area (TPSA) is 35.5 Å². The molecule has 3 nitrogen and oxygen atoms in total. The highest BCUT2D eigenvalue weighted by Crippen LogP contribution is 2.59. The Labute approximate surface area is 80.3 Å². The van der Waals surface area contributed by atoms with Crippen molar-refractivity contribution in [2.75, 3.05) is 11.5 Å². The Morgan fingerprint density at radius 3 is 1.91 bits per heavy atom. The average molecular weight is 237 g/mol. The van der Waals surface area contributed by atoms with Crippen LogP contribution in [0.5, 0.6) is 0 Å². The second kappa shape index (κ2) is 6.63. The highest BCUT2D eigenvalue weighted by Gasteiger charge is 2.21. The van der Waals surface area contributed by atoms with Gasteiger partial charge in [-0.05, 0) is 0 Å². The summed E-state index contributed by atoms with van der Waals surface area (Å²) in [7, 11) is 0. The van der Waals surface area contributed by atoms with Gasteiger partial charge in [0.1, 0.15) is 0 Å². The van der Waals surface area contributed by atoms with Crippen LogP contribution in [0.4, 0.5) is 0 Å². The first-order chi connectivity index (χ1) is 5.12. The van der Waals surface area contributed by atoms with E-state index in [4.69, 9.17) is 11.2 Å². The molecular weight excluding hydrogens is 227 g/mol. The van der Waals surface area contributed by atoms with Crippen molar-refractivity contribution in [1.29, 1.82) is 0 Å². The monoisotopic (exact) mass is 236 g/mol. The molecule has 0 spiro atoms. The van der Waals surface area contributed by atoms with Gasteiger partial charge in [0, 0.05) is 46.8 Å². The van der Waals surface area contributed by atoms with Crippen molar-refractivity contribution in [2.45, 2.75) is 13.8 Å². The summed E-state index contributed by atoms with van der Waals surface area (Å²) in [4.78, 5) is 0. The molecule has 0 aliphatic carbocycles. The van der Waals surface area contributed by atoms with Gasteiger partial charge in [-0.1, -0.05) is 13.8 Å². The van der Waals surface area contributed by atoms with Crippen molar-refractivity contribution < 1.29 is 12.5 Å². The zero-order chi connectivity index (χ0) is 8.74. The predicted octanol–water partition coefficient (Wildman–Crippen LogP) is 3.70. The van der Waals surface area contributed by atoms with Crippen molar-refractivity contribution in [1.82, 2.24) is 0 Å². The van der Waals surface area contributed by atoms with E-state index in [0.29, 0.717) is 11.5 Å². The zero-order valence-electron chi connectivity index (χ0n) is 6.28. The molecule has 0 saturated heterocycles. The van der Waals surface area contributed by atoms with Gasteiger partial charge in [0.15, 0.2) is 0 Å². The van der Waals surface area contributed by atoms with Crippen molar-refractivity contribution in [3.05, 3.63) is 0 Å². The standard InChI is InChI=1S/C4H10ClO3PS2/c1-3-10-7-9(5,6)8-11-4-2/h3-4H2,1-2H3. The molecule has 0 amide bonds. The number of hydrogen-bond acceptors (Lipinski definition) is 5. The van der Waals surface area contributed by atoms with Crippen LogP contribution in [0.25, 0.3) is 0 Å². The van der Waals surface area contributed by atoms with Gasteiger partial charge < -0.3 is 0 Å². The first-order valence-corrected chi connectivity index (χ1v) is 7.31. The Morgan fingerprint density at radius 2 is 1.64 bits per heavy atom. The van der Waals surface area contributed by atoms with Crippen LogP contribution in [0.15, 0.2) is 0 Å². The van der Waals surface area contributed by atoms with Crippen LogP contribution >= 0.6 is 42.3 Å². The summed E-state index contributed by atoms with van der Waals surface area (Å²) >= 11 is 7.43. The molecule has 0 fully saturated rings. The second-order valence-electron chi connectivity index (χ2n) is 1.39. The quantitative estimate of drug-likeness (QED) is 0.519. The van der Waals surface area contributed by atoms with Crippen molar-refractivity contribution in [3.8, 4) is 0 Å². The molecule has 0 aromatic rings. The number of halogens is 1. The Morgan fingerprint density at radius 1 is 1.27 bits per heavy atom. The minimum absolute atomic E-state index is 0.691. The van der Waals surface area contributed by atoms with Gasteiger partial charge >= 0.3 is 6.95 Å². The van der Waals surface area contributed by atoms with Crippen LogP contribution in [0.1, 0.15) is 13.8 Å². The summed E-state index contributed by atoms with van der Waals surface area (Å²) in [6, 6.07) is 0. The van der Waals surface area contributed by atoms with E-state index in [1.165, 1.54) is 0 Å². The summed E-state index contributed by atoms with van der Waals surface area (Å²) in [5.74, 6) is 1.38. The lowest BCUT2D eigenvalue weighted by atomic mass is 11.0. The molecule has 0 aromatic heterocycles. The number of hydrogen-bond donors (Lipinski definition) is 0. The van der Waals surface area contributed by atoms with Crippen LogP contribution in [0, 0.1) is 0 Å². The van der Waals surface area contributed by atoms with E-state index in [0.717, 1.165) is 24.1 Å². The smallest absolute Gasteiger partial charge is 0.239 e. The molecule has 0 atom stereocenters. The van der Waals surface area contributed by atoms with Crippen LogP contribution in [0.3, 0.4) is 0 Å². The fraction of sp³-hybridized carbons (Fsp3) is 1.00. The van der Waals surface area contributed by atoms with Crippen LogP contribution in [-0.2, 0) is 12.5 Å². The van der Waals surface area contributed by atoms with Crippen LogP contribution in [0.2, 0.25) is 0 Å². The fourth-order valence-corrected chi connectivity index (χ4v) is 3.13. The molecular formula is C4H10ClO3PS2. The molecule has 0 rings (SSSR count). The fourth-order valence-electron chi connectivity index (χ4n) is 0.244. The summed E-state index contributed by atoms with van der Waals surface area (Å²) in [5, 5.41) is 0. The molecule has 0 aromatic carbocycles. The highest BCUT2D eigenvalue weighted by molar-refractivity contribution is 8.06. The van der Waals surface area contributed by atoms with Crippen molar-refractivity contribution >= 4 is 42.3 Å². The molecule has 0 saturated carbocycles. The van der Waals surface area contributed by atoms with Gasteiger partial charge in [-0.3, -0.25) is 0 Å². The van der Waals surface area contributed by atoms with E-state index in [9.17, 15) is 4.57 Å². The lowest BCUT2D eigenvalue weighted by Gasteiger charge is -2.06. The molecule has 0 unspecified atom stereocenters. The Bertz CT molecular complexity index is 133. The third-order valence-electron chi connectivity index (χ3n) is 0.519. The minimum atomic E-state index is -3.33. The first-order valence-electron chi connectivity index (χ1n) is 3.04. The Balaban J connectivity index is 3.53. The SMILES string of the molecule is CCSOP(=O)(Cl)OSCC. The predicted molar refractivity (Wildman–Crippen MR) is 51.9 cm³/mol. The highest BCUT2D eigenvalue weighted by atomic mass is 35.7. The third kappa shape index (κ3) is 7.50. The average Bonchev–Trinajstić information content (AvgIpc) is 1.97. The molecule has 0 aliphatic heterocycles. The van der Waals surface area contributed by atoms with Gasteiger partial charge in [-0.2, -0.15) is 0 Å². The summed E-state index contributed by atoms with van der Waals surface area (Å²) in [5.41, 5.74) is 0. The molecule has 0 bridgehead atoms. The number of rotatable bonds is 6. The zero-order valence-corrected chi connectivity index (χ0v) is 9.56. The lowest BCUT2D eigenvalue weighted by molar-refractivity contribution is 0.453. The van der Waals surface area contributed by atoms with E-state index in [2.05, 4.69) is 7.94 Å². The molecule has 11 heavy (non-hydrogen) atoms. The van der Waals surface area contributed by atoms with Crippen molar-refractivity contribution in [2.24, 2.45) is 0 Å². The van der Waals surface area contributed by atoms with E-state index < -0.39 is 6.95 Å². The molecule has 68 valence electrons. The lowest BCUT2D eigenvalue weighted by Crippen LogP contribution is -1.78. The van der Waals surface area contributed by atoms with Gasteiger partial charge in [0.05, 0.1) is 0 Å². The summed E-state index contributed by atoms with van der Waals surface area (Å²) < 4.78 is 20.4. The second-order valence-corrected chi connectivity index (χ2v) is 6.31. The minimum Gasteiger partial charge on any atom is -0.239 e. The maximum absolute atomic E-state index is 11.0. The van der Waals surface area contributed by atoms with E-state index in [1.807, 2.05) is 13.8 Å². The Kier molecular flexibility index (Phi) is 7.32. The molecule has 0 aliphatic rings. The molecule has 0 N–H and O–H groups in total. The third-order valence-corrected chi connectivity index (χ3v) is 4.27. The first kappa shape index (κ1) is 12.1. The van der Waals surface area contributed by atoms with Gasteiger partial charge in [0.2, 0.25) is 0 Å². The molecule has 0 radical (unpaired) electrons. The van der Waals surface area contributed by atoms with Crippen molar-refractivity contribution in [3.63, 3.8) is 0 Å². The summed E-state index contributed by atoms with van der Waals surface area (Å²) in [6.45, 7) is 0.412. The maximum atomic E-state index is 11.0. The summed E-state index contributed by atoms with van der Waals surface area (Å²) in [6.07, 6.45) is 0. The molecule has 7 heteroatoms. The maximum Gasteiger partial charge on any atom is 0.446 e. The van der Waals surface area contributed by atoms with Crippen LogP contribution < -0.4 is 0 Å². The van der Waals surface area contributed by atoms with E-state index in [-0.39, 0.29) is 0 Å². The van der Waals surface area contributed by atoms with Gasteiger partial charge in [-0.25, -0.2) is 12.5 Å². The van der Waals surface area contributed by atoms with Gasteiger partial charge in [0.25, 0.3) is 0 Å². The van der Waals surface area contributed by atoms with E-state index >= 15 is 0 Å².